The van der Waals surface area contributed by atoms with Gasteiger partial charge in [-0.25, -0.2) is 4.68 Å². The Labute approximate surface area is 184 Å². The van der Waals surface area contributed by atoms with Gasteiger partial charge in [-0.1, -0.05) is 13.0 Å². The number of carbonyl (C=O) groups excluding carboxylic acids is 1. The summed E-state index contributed by atoms with van der Waals surface area (Å²) in [6, 6.07) is 8.41. The standard InChI is InChI=1S/C23H26N4O5/c1-5-16(22(28)24-10-8-15-6-7-19(30-3)21(12-15)31-4)27-23(29)18-13-20-17(9-11-32-20)26(18)14(2)25-27/h6-7,9,11-13,16H,5,8,10H2,1-4H3,(H,24,28)/t16-/m1/s1. The molecule has 9 heteroatoms. The molecule has 0 saturated carbocycles. The fraction of sp³-hybridized carbons (Fsp3) is 0.348. The van der Waals surface area contributed by atoms with Gasteiger partial charge in [0.05, 0.1) is 26.0 Å². The topological polar surface area (TPSA) is 100 Å². The van der Waals surface area contributed by atoms with Crippen molar-refractivity contribution in [1.82, 2.24) is 19.5 Å². The highest BCUT2D eigenvalue weighted by atomic mass is 16.5. The molecule has 3 aromatic heterocycles. The Morgan fingerprint density at radius 1 is 1.16 bits per heavy atom. The predicted molar refractivity (Wildman–Crippen MR) is 120 cm³/mol. The average molecular weight is 438 g/mol. The third-order valence-corrected chi connectivity index (χ3v) is 5.57. The third-order valence-electron chi connectivity index (χ3n) is 5.57. The SMILES string of the molecule is CC[C@H](C(=O)NCCc1ccc(OC)c(OC)c1)n1nc(C)n2c(cc3occc32)c1=O. The Kier molecular flexibility index (Phi) is 5.89. The molecule has 3 heterocycles. The van der Waals surface area contributed by atoms with E-state index in [0.717, 1.165) is 11.1 Å². The van der Waals surface area contributed by atoms with Gasteiger partial charge in [-0.15, -0.1) is 0 Å². The van der Waals surface area contributed by atoms with Crippen LogP contribution in [0, 0.1) is 6.92 Å². The van der Waals surface area contributed by atoms with Crippen LogP contribution in [0.25, 0.3) is 16.6 Å². The number of fused-ring (bicyclic) bond motifs is 3. The summed E-state index contributed by atoms with van der Waals surface area (Å²) in [4.78, 5) is 26.0. The molecule has 168 valence electrons. The number of hydrogen-bond donors (Lipinski definition) is 1. The second-order valence-corrected chi connectivity index (χ2v) is 7.49. The molecule has 4 rings (SSSR count). The molecular weight excluding hydrogens is 412 g/mol. The van der Waals surface area contributed by atoms with Crippen molar-refractivity contribution in [3.63, 3.8) is 0 Å². The summed E-state index contributed by atoms with van der Waals surface area (Å²) in [5.74, 6) is 1.65. The maximum Gasteiger partial charge on any atom is 0.291 e. The number of aromatic nitrogens is 3. The molecule has 1 N–H and O–H groups in total. The van der Waals surface area contributed by atoms with Crippen molar-refractivity contribution in [2.45, 2.75) is 32.7 Å². The minimum absolute atomic E-state index is 0.249. The number of nitrogens with zero attached hydrogens (tertiary/aromatic N) is 3. The molecule has 0 unspecified atom stereocenters. The lowest BCUT2D eigenvalue weighted by molar-refractivity contribution is -0.124. The van der Waals surface area contributed by atoms with E-state index < -0.39 is 6.04 Å². The van der Waals surface area contributed by atoms with Gasteiger partial charge < -0.3 is 19.2 Å². The summed E-state index contributed by atoms with van der Waals surface area (Å²) in [6.45, 7) is 4.08. The highest BCUT2D eigenvalue weighted by Crippen LogP contribution is 2.27. The summed E-state index contributed by atoms with van der Waals surface area (Å²) in [5.41, 5.74) is 2.49. The summed E-state index contributed by atoms with van der Waals surface area (Å²) in [5, 5.41) is 7.36. The van der Waals surface area contributed by atoms with Crippen molar-refractivity contribution in [2.75, 3.05) is 20.8 Å². The summed E-state index contributed by atoms with van der Waals surface area (Å²) in [7, 11) is 3.17. The van der Waals surface area contributed by atoms with Crippen LogP contribution in [0.3, 0.4) is 0 Å². The number of aryl methyl sites for hydroxylation is 1. The van der Waals surface area contributed by atoms with Gasteiger partial charge in [0.2, 0.25) is 5.91 Å². The van der Waals surface area contributed by atoms with Gasteiger partial charge in [0.1, 0.15) is 17.4 Å². The number of ether oxygens (including phenoxy) is 2. The molecule has 0 radical (unpaired) electrons. The molecule has 0 bridgehead atoms. The first-order valence-corrected chi connectivity index (χ1v) is 10.4. The molecule has 0 saturated heterocycles. The summed E-state index contributed by atoms with van der Waals surface area (Å²) < 4.78 is 19.0. The molecular formula is C23H26N4O5. The second-order valence-electron chi connectivity index (χ2n) is 7.49. The summed E-state index contributed by atoms with van der Waals surface area (Å²) >= 11 is 0. The molecule has 1 amide bonds. The molecule has 32 heavy (non-hydrogen) atoms. The fourth-order valence-corrected chi connectivity index (χ4v) is 3.96. The van der Waals surface area contributed by atoms with E-state index in [1.807, 2.05) is 25.1 Å². The van der Waals surface area contributed by atoms with E-state index in [1.54, 1.807) is 43.9 Å². The molecule has 1 aromatic carbocycles. The van der Waals surface area contributed by atoms with E-state index in [9.17, 15) is 9.59 Å². The number of nitrogens with one attached hydrogen (secondary N) is 1. The van der Waals surface area contributed by atoms with Gasteiger partial charge in [0, 0.05) is 18.7 Å². The predicted octanol–water partition coefficient (Wildman–Crippen LogP) is 2.88. The van der Waals surface area contributed by atoms with E-state index in [1.165, 1.54) is 4.68 Å². The number of amides is 1. The fourth-order valence-electron chi connectivity index (χ4n) is 3.96. The normalized spacial score (nSPS) is 12.2. The van der Waals surface area contributed by atoms with Crippen LogP contribution >= 0.6 is 0 Å². The van der Waals surface area contributed by atoms with Gasteiger partial charge in [-0.2, -0.15) is 5.10 Å². The van der Waals surface area contributed by atoms with Crippen LogP contribution in [0.4, 0.5) is 0 Å². The lowest BCUT2D eigenvalue weighted by Gasteiger charge is -2.18. The van der Waals surface area contributed by atoms with E-state index in [0.29, 0.717) is 47.8 Å². The van der Waals surface area contributed by atoms with Gasteiger partial charge in [-0.3, -0.25) is 14.0 Å². The van der Waals surface area contributed by atoms with Crippen molar-refractivity contribution in [1.29, 1.82) is 0 Å². The number of carbonyl (C=O) groups is 1. The Bertz CT molecular complexity index is 1330. The lowest BCUT2D eigenvalue weighted by Crippen LogP contribution is -2.40. The summed E-state index contributed by atoms with van der Waals surface area (Å²) in [6.07, 6.45) is 2.61. The van der Waals surface area contributed by atoms with E-state index in [2.05, 4.69) is 10.4 Å². The zero-order chi connectivity index (χ0) is 22.8. The van der Waals surface area contributed by atoms with Crippen molar-refractivity contribution in [2.24, 2.45) is 0 Å². The van der Waals surface area contributed by atoms with Crippen molar-refractivity contribution in [3.8, 4) is 11.5 Å². The quantitative estimate of drug-likeness (QED) is 0.454. The van der Waals surface area contributed by atoms with Crippen LogP contribution < -0.4 is 20.3 Å². The van der Waals surface area contributed by atoms with Crippen molar-refractivity contribution in [3.05, 3.63) is 58.3 Å². The average Bonchev–Trinajstić information content (AvgIpc) is 3.39. The van der Waals surface area contributed by atoms with E-state index in [4.69, 9.17) is 13.9 Å². The van der Waals surface area contributed by atoms with E-state index in [-0.39, 0.29) is 11.5 Å². The van der Waals surface area contributed by atoms with Crippen LogP contribution in [0.15, 0.2) is 45.8 Å². The molecule has 0 aliphatic rings. The largest absolute Gasteiger partial charge is 0.493 e. The van der Waals surface area contributed by atoms with Gasteiger partial charge in [0.15, 0.2) is 17.1 Å². The monoisotopic (exact) mass is 438 g/mol. The smallest absolute Gasteiger partial charge is 0.291 e. The van der Waals surface area contributed by atoms with Gasteiger partial charge in [-0.05, 0) is 37.5 Å². The number of rotatable bonds is 8. The Hall–Kier alpha value is -3.75. The highest BCUT2D eigenvalue weighted by molar-refractivity contribution is 5.83. The first kappa shape index (κ1) is 21.5. The van der Waals surface area contributed by atoms with Gasteiger partial charge >= 0.3 is 0 Å². The maximum atomic E-state index is 13.1. The minimum atomic E-state index is -0.710. The highest BCUT2D eigenvalue weighted by Gasteiger charge is 2.23. The van der Waals surface area contributed by atoms with E-state index >= 15 is 0 Å². The first-order chi connectivity index (χ1) is 15.5. The van der Waals surface area contributed by atoms with Crippen LogP contribution in [0.2, 0.25) is 0 Å². The molecule has 0 aliphatic carbocycles. The van der Waals surface area contributed by atoms with Crippen LogP contribution in [-0.4, -0.2) is 40.9 Å². The maximum absolute atomic E-state index is 13.1. The molecule has 0 spiro atoms. The number of benzene rings is 1. The van der Waals surface area contributed by atoms with Crippen LogP contribution in [0.5, 0.6) is 11.5 Å². The zero-order valence-electron chi connectivity index (χ0n) is 18.5. The molecule has 4 aromatic rings. The lowest BCUT2D eigenvalue weighted by atomic mass is 10.1. The number of furan rings is 1. The van der Waals surface area contributed by atoms with Gasteiger partial charge in [0.25, 0.3) is 5.56 Å². The Morgan fingerprint density at radius 3 is 2.66 bits per heavy atom. The van der Waals surface area contributed by atoms with Crippen LogP contribution in [-0.2, 0) is 11.2 Å². The third kappa shape index (κ3) is 3.70. The van der Waals surface area contributed by atoms with Crippen molar-refractivity contribution < 1.29 is 18.7 Å². The second kappa shape index (κ2) is 8.78. The van der Waals surface area contributed by atoms with Crippen LogP contribution in [0.1, 0.15) is 30.8 Å². The molecule has 9 nitrogen and oxygen atoms in total. The number of methoxy groups -OCH3 is 2. The zero-order valence-corrected chi connectivity index (χ0v) is 18.5. The minimum Gasteiger partial charge on any atom is -0.493 e. The molecule has 1 atom stereocenters. The Balaban J connectivity index is 1.52. The molecule has 0 fully saturated rings. The number of hydrogen-bond acceptors (Lipinski definition) is 6. The van der Waals surface area contributed by atoms with Crippen molar-refractivity contribution >= 4 is 22.5 Å². The molecule has 0 aliphatic heterocycles. The Morgan fingerprint density at radius 2 is 1.94 bits per heavy atom. The first-order valence-electron chi connectivity index (χ1n) is 10.4.